The van der Waals surface area contributed by atoms with E-state index in [0.29, 0.717) is 13.2 Å². The van der Waals surface area contributed by atoms with Crippen molar-refractivity contribution in [2.75, 3.05) is 13.2 Å². The van der Waals surface area contributed by atoms with Gasteiger partial charge in [-0.1, -0.05) is 0 Å². The van der Waals surface area contributed by atoms with Gasteiger partial charge in [-0.15, -0.1) is 9.05 Å². The zero-order valence-corrected chi connectivity index (χ0v) is 7.54. The largest absolute Gasteiger partial charge is 0.576 e. The van der Waals surface area contributed by atoms with Gasteiger partial charge in [0.15, 0.2) is 0 Å². The minimum Gasteiger partial charge on any atom is -0.150 e. The van der Waals surface area contributed by atoms with E-state index in [4.69, 9.17) is 18.1 Å². The van der Waals surface area contributed by atoms with Crippen molar-refractivity contribution in [3.05, 3.63) is 0 Å². The van der Waals surface area contributed by atoms with Gasteiger partial charge in [0.05, 0.1) is 0 Å². The van der Waals surface area contributed by atoms with E-state index in [9.17, 15) is 0 Å². The highest BCUT2D eigenvalue weighted by molar-refractivity contribution is 7.56. The number of rotatable bonds is 0. The van der Waals surface area contributed by atoms with Crippen molar-refractivity contribution in [2.45, 2.75) is 26.1 Å². The van der Waals surface area contributed by atoms with Crippen molar-refractivity contribution in [1.82, 2.24) is 0 Å². The fraction of sp³-hybridized carbons (Fsp3) is 1.00. The Hall–Kier alpha value is 0.270. The SMILES string of the molecule is CC1CO[P+]2(OCC(C)O2)O1. The van der Waals surface area contributed by atoms with Crippen LogP contribution in [0.15, 0.2) is 0 Å². The Bertz CT molecular complexity index is 145. The summed E-state index contributed by atoms with van der Waals surface area (Å²) in [4.78, 5) is 0. The first-order chi connectivity index (χ1) is 5.20. The molecule has 0 saturated carbocycles. The first-order valence-corrected chi connectivity index (χ1v) is 5.21. The zero-order chi connectivity index (χ0) is 7.90. The summed E-state index contributed by atoms with van der Waals surface area (Å²) in [5.74, 6) is 0. The van der Waals surface area contributed by atoms with E-state index in [0.717, 1.165) is 0 Å². The Balaban J connectivity index is 2.02. The quantitative estimate of drug-likeness (QED) is 0.528. The third-order valence-electron chi connectivity index (χ3n) is 1.55. The topological polar surface area (TPSA) is 36.9 Å². The molecule has 0 aliphatic carbocycles. The molecule has 2 aliphatic rings. The van der Waals surface area contributed by atoms with Gasteiger partial charge in [-0.05, 0) is 13.8 Å². The van der Waals surface area contributed by atoms with E-state index in [1.54, 1.807) is 0 Å². The van der Waals surface area contributed by atoms with E-state index < -0.39 is 8.17 Å². The normalized spacial score (nSPS) is 50.7. The van der Waals surface area contributed by atoms with Crippen LogP contribution >= 0.6 is 8.17 Å². The Morgan fingerprint density at radius 3 is 1.73 bits per heavy atom. The Kier molecular flexibility index (Phi) is 1.90. The summed E-state index contributed by atoms with van der Waals surface area (Å²) in [6, 6.07) is 0. The van der Waals surface area contributed by atoms with Crippen LogP contribution in [0.25, 0.3) is 0 Å². The summed E-state index contributed by atoms with van der Waals surface area (Å²) in [6.45, 7) is 5.07. The summed E-state index contributed by atoms with van der Waals surface area (Å²) in [5, 5.41) is 0. The molecule has 0 aromatic carbocycles. The van der Waals surface area contributed by atoms with Crippen molar-refractivity contribution in [3.8, 4) is 0 Å². The van der Waals surface area contributed by atoms with Crippen molar-refractivity contribution in [3.63, 3.8) is 0 Å². The van der Waals surface area contributed by atoms with E-state index >= 15 is 0 Å². The van der Waals surface area contributed by atoms with Crippen LogP contribution in [-0.4, -0.2) is 25.4 Å². The minimum absolute atomic E-state index is 0.105. The molecule has 0 bridgehead atoms. The molecule has 0 N–H and O–H groups in total. The molecule has 2 saturated heterocycles. The van der Waals surface area contributed by atoms with Crippen LogP contribution in [0.2, 0.25) is 0 Å². The highest BCUT2D eigenvalue weighted by Gasteiger charge is 2.61. The van der Waals surface area contributed by atoms with Crippen molar-refractivity contribution >= 4 is 8.17 Å². The van der Waals surface area contributed by atoms with Crippen molar-refractivity contribution in [1.29, 1.82) is 0 Å². The summed E-state index contributed by atoms with van der Waals surface area (Å²) in [5.41, 5.74) is 0. The maximum Gasteiger partial charge on any atom is 0.576 e. The lowest BCUT2D eigenvalue weighted by Crippen LogP contribution is -2.02. The molecule has 11 heavy (non-hydrogen) atoms. The molecule has 2 aliphatic heterocycles. The van der Waals surface area contributed by atoms with Gasteiger partial charge in [0.2, 0.25) is 0 Å². The van der Waals surface area contributed by atoms with Crippen LogP contribution in [-0.2, 0) is 18.1 Å². The summed E-state index contributed by atoms with van der Waals surface area (Å²) in [6.07, 6.45) is 0.210. The highest BCUT2D eigenvalue weighted by atomic mass is 31.2. The standard InChI is InChI=1S/C6H12O4P/c1-5-3-7-11(9-5)8-4-6(2)10-11/h5-6H,3-4H2,1-2H3/q+1. The lowest BCUT2D eigenvalue weighted by Gasteiger charge is -2.04. The molecule has 4 nitrogen and oxygen atoms in total. The second kappa shape index (κ2) is 2.64. The van der Waals surface area contributed by atoms with Crippen molar-refractivity contribution < 1.29 is 18.1 Å². The minimum atomic E-state index is -2.31. The van der Waals surface area contributed by atoms with Gasteiger partial charge >= 0.3 is 8.17 Å². The van der Waals surface area contributed by atoms with Gasteiger partial charge in [0.1, 0.15) is 25.4 Å². The van der Waals surface area contributed by atoms with Crippen LogP contribution in [0.4, 0.5) is 0 Å². The number of hydrogen-bond acceptors (Lipinski definition) is 4. The maximum atomic E-state index is 5.42. The van der Waals surface area contributed by atoms with E-state index in [1.807, 2.05) is 13.8 Å². The second-order valence-electron chi connectivity index (χ2n) is 2.87. The molecule has 0 amide bonds. The average Bonchev–Trinajstić information content (AvgIpc) is 2.44. The maximum absolute atomic E-state index is 5.42. The van der Waals surface area contributed by atoms with Gasteiger partial charge in [0.25, 0.3) is 0 Å². The van der Waals surface area contributed by atoms with E-state index in [1.165, 1.54) is 0 Å². The number of hydrogen-bond donors (Lipinski definition) is 0. The van der Waals surface area contributed by atoms with Gasteiger partial charge in [-0.25, -0.2) is 0 Å². The van der Waals surface area contributed by atoms with Crippen LogP contribution in [0, 0.1) is 0 Å². The first kappa shape index (κ1) is 7.90. The highest BCUT2D eigenvalue weighted by Crippen LogP contribution is 2.70. The monoisotopic (exact) mass is 179 g/mol. The molecular weight excluding hydrogens is 167 g/mol. The van der Waals surface area contributed by atoms with Gasteiger partial charge < -0.3 is 0 Å². The van der Waals surface area contributed by atoms with E-state index in [2.05, 4.69) is 0 Å². The summed E-state index contributed by atoms with van der Waals surface area (Å²) in [7, 11) is -2.31. The fourth-order valence-electron chi connectivity index (χ4n) is 1.08. The molecule has 2 rings (SSSR count). The molecule has 2 heterocycles. The Morgan fingerprint density at radius 2 is 1.45 bits per heavy atom. The third-order valence-corrected chi connectivity index (χ3v) is 3.72. The lowest BCUT2D eigenvalue weighted by atomic mass is 10.5. The van der Waals surface area contributed by atoms with Crippen LogP contribution in [0.1, 0.15) is 13.8 Å². The molecule has 64 valence electrons. The predicted molar refractivity (Wildman–Crippen MR) is 39.9 cm³/mol. The zero-order valence-electron chi connectivity index (χ0n) is 6.65. The van der Waals surface area contributed by atoms with Crippen molar-refractivity contribution in [2.24, 2.45) is 0 Å². The van der Waals surface area contributed by atoms with Crippen LogP contribution < -0.4 is 0 Å². The second-order valence-corrected chi connectivity index (χ2v) is 4.70. The fourth-order valence-corrected chi connectivity index (χ4v) is 3.23. The molecular formula is C6H12O4P+. The first-order valence-electron chi connectivity index (χ1n) is 3.75. The predicted octanol–water partition coefficient (Wildman–Crippen LogP) is 1.53. The molecule has 0 aromatic heterocycles. The smallest absolute Gasteiger partial charge is 0.150 e. The molecule has 1 spiro atoms. The van der Waals surface area contributed by atoms with E-state index in [-0.39, 0.29) is 12.2 Å². The molecule has 0 aromatic rings. The Labute approximate surface area is 66.4 Å². The molecule has 0 radical (unpaired) electrons. The van der Waals surface area contributed by atoms with Gasteiger partial charge in [-0.3, -0.25) is 0 Å². The molecule has 5 heteroatoms. The van der Waals surface area contributed by atoms with Crippen LogP contribution in [0.5, 0.6) is 0 Å². The average molecular weight is 179 g/mol. The molecule has 2 atom stereocenters. The molecule has 2 fully saturated rings. The Morgan fingerprint density at radius 1 is 1.00 bits per heavy atom. The van der Waals surface area contributed by atoms with Crippen LogP contribution in [0.3, 0.4) is 0 Å². The summed E-state index contributed by atoms with van der Waals surface area (Å²) >= 11 is 0. The third kappa shape index (κ3) is 1.42. The van der Waals surface area contributed by atoms with Gasteiger partial charge in [0, 0.05) is 0 Å². The summed E-state index contributed by atoms with van der Waals surface area (Å²) < 4.78 is 21.5. The molecule has 2 unspecified atom stereocenters. The van der Waals surface area contributed by atoms with Gasteiger partial charge in [-0.2, -0.15) is 9.05 Å². The lowest BCUT2D eigenvalue weighted by molar-refractivity contribution is 0.176.